The van der Waals surface area contributed by atoms with Crippen LogP contribution in [0.3, 0.4) is 0 Å². The van der Waals surface area contributed by atoms with Crippen LogP contribution < -0.4 is 11.1 Å². The highest BCUT2D eigenvalue weighted by atomic mass is 16.5. The van der Waals surface area contributed by atoms with E-state index in [0.29, 0.717) is 37.5 Å². The van der Waals surface area contributed by atoms with Crippen molar-refractivity contribution >= 4 is 16.8 Å². The maximum atomic E-state index is 12.3. The third kappa shape index (κ3) is 4.70. The highest BCUT2D eigenvalue weighted by molar-refractivity contribution is 5.86. The molecule has 0 saturated heterocycles. The van der Waals surface area contributed by atoms with Gasteiger partial charge in [-0.05, 0) is 23.6 Å². The van der Waals surface area contributed by atoms with Crippen LogP contribution in [-0.2, 0) is 24.1 Å². The lowest BCUT2D eigenvalue weighted by Crippen LogP contribution is -2.42. The van der Waals surface area contributed by atoms with Gasteiger partial charge in [0.1, 0.15) is 0 Å². The number of amides is 1. The Morgan fingerprint density at radius 1 is 1.14 bits per heavy atom. The summed E-state index contributed by atoms with van der Waals surface area (Å²) in [5, 5.41) is 7.94. The van der Waals surface area contributed by atoms with E-state index in [1.165, 1.54) is 0 Å². The monoisotopic (exact) mass is 389 g/mol. The quantitative estimate of drug-likeness (QED) is 0.429. The van der Waals surface area contributed by atoms with Crippen LogP contribution in [0.2, 0.25) is 0 Å². The predicted octanol–water partition coefficient (Wildman–Crippen LogP) is 2.37. The molecule has 0 aliphatic rings. The average molecular weight is 389 g/mol. The number of nitrogens with one attached hydrogen (secondary N) is 2. The van der Waals surface area contributed by atoms with Gasteiger partial charge in [0.15, 0.2) is 5.82 Å². The van der Waals surface area contributed by atoms with E-state index in [-0.39, 0.29) is 5.91 Å². The molecular weight excluding hydrogens is 366 g/mol. The normalized spacial score (nSPS) is 12.2. The molecule has 2 heterocycles. The van der Waals surface area contributed by atoms with Crippen LogP contribution in [0.5, 0.6) is 0 Å². The number of benzene rings is 2. The molecule has 4 N–H and O–H groups in total. The minimum atomic E-state index is -0.620. The molecule has 0 saturated carbocycles. The number of fused-ring (bicyclic) bond motifs is 1. The summed E-state index contributed by atoms with van der Waals surface area (Å²) in [7, 11) is 0. The minimum absolute atomic E-state index is 0.195. The summed E-state index contributed by atoms with van der Waals surface area (Å²) in [4.78, 5) is 19.9. The highest BCUT2D eigenvalue weighted by Gasteiger charge is 2.16. The van der Waals surface area contributed by atoms with Crippen molar-refractivity contribution in [1.29, 1.82) is 0 Å². The zero-order valence-electron chi connectivity index (χ0n) is 16.0. The van der Waals surface area contributed by atoms with E-state index in [1.807, 2.05) is 60.8 Å². The largest absolute Gasteiger partial charge is 0.361 e. The van der Waals surface area contributed by atoms with Crippen LogP contribution in [0.25, 0.3) is 10.9 Å². The van der Waals surface area contributed by atoms with Crippen LogP contribution in [0.15, 0.2) is 65.3 Å². The summed E-state index contributed by atoms with van der Waals surface area (Å²) in [6, 6.07) is 17.3. The zero-order chi connectivity index (χ0) is 20.1. The molecule has 0 radical (unpaired) electrons. The van der Waals surface area contributed by atoms with Gasteiger partial charge < -0.3 is 20.6 Å². The molecule has 0 aliphatic heterocycles. The molecule has 0 fully saturated rings. The molecule has 7 nitrogen and oxygen atoms in total. The molecule has 148 valence electrons. The highest BCUT2D eigenvalue weighted by Crippen LogP contribution is 2.18. The van der Waals surface area contributed by atoms with E-state index < -0.39 is 6.04 Å². The van der Waals surface area contributed by atoms with E-state index in [4.69, 9.17) is 10.3 Å². The number of nitrogens with zero attached hydrogens (tertiary/aromatic N) is 2. The van der Waals surface area contributed by atoms with Crippen LogP contribution >= 0.6 is 0 Å². The van der Waals surface area contributed by atoms with E-state index in [9.17, 15) is 4.79 Å². The van der Waals surface area contributed by atoms with Gasteiger partial charge in [0, 0.05) is 36.5 Å². The molecule has 4 rings (SSSR count). The summed E-state index contributed by atoms with van der Waals surface area (Å²) in [5.41, 5.74) is 9.29. The SMILES string of the molecule is N[C@@H](Cc1c[nH]c2ccccc12)C(=O)NCCc1nc(Cc2ccccc2)no1. The first-order valence-electron chi connectivity index (χ1n) is 9.63. The summed E-state index contributed by atoms with van der Waals surface area (Å²) >= 11 is 0. The molecule has 7 heteroatoms. The standard InChI is InChI=1S/C22H23N5O2/c23-18(13-16-14-25-19-9-5-4-8-17(16)19)22(28)24-11-10-21-26-20(27-29-21)12-15-6-2-1-3-7-15/h1-9,14,18,25H,10-13,23H2,(H,24,28)/t18-/m0/s1. The zero-order valence-corrected chi connectivity index (χ0v) is 16.0. The van der Waals surface area contributed by atoms with Gasteiger partial charge in [0.25, 0.3) is 0 Å². The molecule has 1 amide bonds. The number of hydrogen-bond acceptors (Lipinski definition) is 5. The fraction of sp³-hybridized carbons (Fsp3) is 0.227. The Bertz CT molecular complexity index is 1090. The number of hydrogen-bond donors (Lipinski definition) is 3. The number of carbonyl (C=O) groups excluding carboxylic acids is 1. The first-order valence-corrected chi connectivity index (χ1v) is 9.63. The minimum Gasteiger partial charge on any atom is -0.361 e. The lowest BCUT2D eigenvalue weighted by Gasteiger charge is -2.11. The summed E-state index contributed by atoms with van der Waals surface area (Å²) in [6.07, 6.45) is 3.46. The smallest absolute Gasteiger partial charge is 0.237 e. The van der Waals surface area contributed by atoms with Gasteiger partial charge in [0.2, 0.25) is 11.8 Å². The lowest BCUT2D eigenvalue weighted by atomic mass is 10.1. The average Bonchev–Trinajstić information content (AvgIpc) is 3.36. The van der Waals surface area contributed by atoms with Gasteiger partial charge in [-0.15, -0.1) is 0 Å². The number of H-pyrrole nitrogens is 1. The lowest BCUT2D eigenvalue weighted by molar-refractivity contribution is -0.122. The van der Waals surface area contributed by atoms with Crippen molar-refractivity contribution in [2.45, 2.75) is 25.3 Å². The first kappa shape index (κ1) is 18.9. The predicted molar refractivity (Wildman–Crippen MR) is 110 cm³/mol. The van der Waals surface area contributed by atoms with Gasteiger partial charge >= 0.3 is 0 Å². The molecule has 0 bridgehead atoms. The van der Waals surface area contributed by atoms with Crippen LogP contribution in [-0.4, -0.2) is 33.6 Å². The van der Waals surface area contributed by atoms with Crippen molar-refractivity contribution in [3.8, 4) is 0 Å². The van der Waals surface area contributed by atoms with Crippen molar-refractivity contribution in [2.24, 2.45) is 5.73 Å². The molecular formula is C22H23N5O2. The molecule has 0 unspecified atom stereocenters. The number of nitrogens with two attached hydrogens (primary N) is 1. The van der Waals surface area contributed by atoms with Gasteiger partial charge in [-0.3, -0.25) is 4.79 Å². The van der Waals surface area contributed by atoms with Crippen molar-refractivity contribution in [2.75, 3.05) is 6.54 Å². The molecule has 2 aromatic carbocycles. The number of aromatic nitrogens is 3. The summed E-state index contributed by atoms with van der Waals surface area (Å²) in [6.45, 7) is 0.396. The van der Waals surface area contributed by atoms with Gasteiger partial charge in [-0.1, -0.05) is 53.7 Å². The molecule has 4 aromatic rings. The maximum absolute atomic E-state index is 12.3. The fourth-order valence-corrected chi connectivity index (χ4v) is 3.30. The van der Waals surface area contributed by atoms with E-state index >= 15 is 0 Å². The Balaban J connectivity index is 1.25. The Morgan fingerprint density at radius 3 is 2.79 bits per heavy atom. The Morgan fingerprint density at radius 2 is 1.93 bits per heavy atom. The van der Waals surface area contributed by atoms with Crippen LogP contribution in [0.1, 0.15) is 22.8 Å². The second-order valence-corrected chi connectivity index (χ2v) is 6.98. The van der Waals surface area contributed by atoms with E-state index in [1.54, 1.807) is 0 Å². The Kier molecular flexibility index (Phi) is 5.67. The van der Waals surface area contributed by atoms with E-state index in [2.05, 4.69) is 20.4 Å². The van der Waals surface area contributed by atoms with Crippen molar-refractivity contribution in [3.63, 3.8) is 0 Å². The van der Waals surface area contributed by atoms with E-state index in [0.717, 1.165) is 22.0 Å². The molecule has 2 aromatic heterocycles. The number of aromatic amines is 1. The van der Waals surface area contributed by atoms with Crippen molar-refractivity contribution in [1.82, 2.24) is 20.4 Å². The topological polar surface area (TPSA) is 110 Å². The molecule has 1 atom stereocenters. The van der Waals surface area contributed by atoms with Crippen LogP contribution in [0.4, 0.5) is 0 Å². The second kappa shape index (κ2) is 8.70. The second-order valence-electron chi connectivity index (χ2n) is 6.98. The Hall–Kier alpha value is -3.45. The van der Waals surface area contributed by atoms with Crippen LogP contribution in [0, 0.1) is 0 Å². The molecule has 0 spiro atoms. The first-order chi connectivity index (χ1) is 14.2. The number of rotatable bonds is 8. The van der Waals surface area contributed by atoms with Gasteiger partial charge in [-0.25, -0.2) is 0 Å². The fourth-order valence-electron chi connectivity index (χ4n) is 3.30. The van der Waals surface area contributed by atoms with Gasteiger partial charge in [0.05, 0.1) is 6.04 Å². The summed E-state index contributed by atoms with van der Waals surface area (Å²) in [5.74, 6) is 0.939. The van der Waals surface area contributed by atoms with Gasteiger partial charge in [-0.2, -0.15) is 4.98 Å². The maximum Gasteiger partial charge on any atom is 0.237 e. The Labute approximate surface area is 168 Å². The number of carbonyl (C=O) groups is 1. The number of para-hydroxylation sites is 1. The van der Waals surface area contributed by atoms with Crippen molar-refractivity contribution < 1.29 is 9.32 Å². The third-order valence-electron chi connectivity index (χ3n) is 4.80. The van der Waals surface area contributed by atoms with Crippen molar-refractivity contribution in [3.05, 3.63) is 83.6 Å². The summed E-state index contributed by atoms with van der Waals surface area (Å²) < 4.78 is 5.26. The molecule has 0 aliphatic carbocycles. The third-order valence-corrected chi connectivity index (χ3v) is 4.80. The molecule has 29 heavy (non-hydrogen) atoms.